The summed E-state index contributed by atoms with van der Waals surface area (Å²) in [6.07, 6.45) is 4.05. The molecule has 1 aliphatic rings. The highest BCUT2D eigenvalue weighted by atomic mass is 16.5. The number of para-hydroxylation sites is 1. The van der Waals surface area contributed by atoms with E-state index in [1.165, 1.54) is 18.4 Å². The summed E-state index contributed by atoms with van der Waals surface area (Å²) < 4.78 is 5.96. The van der Waals surface area contributed by atoms with Crippen LogP contribution in [0.15, 0.2) is 54.6 Å². The second-order valence-corrected chi connectivity index (χ2v) is 7.20. The number of nitrogens with zero attached hydrogens (tertiary/aromatic N) is 1. The van der Waals surface area contributed by atoms with Crippen molar-refractivity contribution in [1.82, 2.24) is 4.98 Å². The van der Waals surface area contributed by atoms with Crippen LogP contribution in [0.3, 0.4) is 0 Å². The lowest BCUT2D eigenvalue weighted by molar-refractivity contribution is 0.116. The quantitative estimate of drug-likeness (QED) is 0.665. The van der Waals surface area contributed by atoms with E-state index in [2.05, 4.69) is 30.1 Å². The Balaban J connectivity index is 1.45. The molecule has 3 aromatic rings. The zero-order valence-electron chi connectivity index (χ0n) is 15.2. The first kappa shape index (κ1) is 17.0. The molecule has 0 saturated carbocycles. The van der Waals surface area contributed by atoms with Gasteiger partial charge >= 0.3 is 0 Å². The van der Waals surface area contributed by atoms with E-state index < -0.39 is 0 Å². The number of unbranched alkanes of at least 4 members (excludes halogenated alkanes) is 1. The molecule has 1 heterocycles. The smallest absolute Gasteiger partial charge is 0.130 e. The van der Waals surface area contributed by atoms with Gasteiger partial charge in [0.1, 0.15) is 12.4 Å². The van der Waals surface area contributed by atoms with Crippen LogP contribution < -0.4 is 4.74 Å². The molecule has 0 aliphatic heterocycles. The molecule has 2 aromatic carbocycles. The van der Waals surface area contributed by atoms with Crippen molar-refractivity contribution in [3.05, 3.63) is 71.4 Å². The third-order valence-electron chi connectivity index (χ3n) is 5.34. The van der Waals surface area contributed by atoms with Crippen molar-refractivity contribution in [3.63, 3.8) is 0 Å². The average Bonchev–Trinajstić information content (AvgIpc) is 3.00. The van der Waals surface area contributed by atoms with Gasteiger partial charge in [-0.3, -0.25) is 0 Å². The number of ether oxygens (including phenoxy) is 1. The second-order valence-electron chi connectivity index (χ2n) is 7.20. The Hall–Kier alpha value is -2.39. The highest BCUT2D eigenvalue weighted by molar-refractivity contribution is 5.78. The molecule has 0 amide bonds. The molecule has 2 unspecified atom stereocenters. The predicted octanol–water partition coefficient (Wildman–Crippen LogP) is 5.21. The average molecular weight is 347 g/mol. The molecule has 134 valence electrons. The first-order chi connectivity index (χ1) is 12.7. The summed E-state index contributed by atoms with van der Waals surface area (Å²) in [6.45, 7) is 2.63. The fraction of sp³-hybridized carbons (Fsp3) is 0.348. The fourth-order valence-corrected chi connectivity index (χ4v) is 3.84. The summed E-state index contributed by atoms with van der Waals surface area (Å²) in [6, 6.07) is 18.3. The minimum atomic E-state index is -0.362. The van der Waals surface area contributed by atoms with Crippen LogP contribution in [0.25, 0.3) is 10.9 Å². The summed E-state index contributed by atoms with van der Waals surface area (Å²) >= 11 is 0. The molecule has 4 rings (SSSR count). The van der Waals surface area contributed by atoms with Gasteiger partial charge in [0.25, 0.3) is 0 Å². The lowest BCUT2D eigenvalue weighted by atomic mass is 9.97. The van der Waals surface area contributed by atoms with Crippen LogP contribution in [0.2, 0.25) is 0 Å². The second kappa shape index (κ2) is 7.46. The molecule has 3 heteroatoms. The highest BCUT2D eigenvalue weighted by Gasteiger charge is 2.30. The van der Waals surface area contributed by atoms with Crippen molar-refractivity contribution in [3.8, 4) is 5.75 Å². The summed E-state index contributed by atoms with van der Waals surface area (Å²) in [5.41, 5.74) is 4.19. The normalized spacial score (nSPS) is 18.8. The van der Waals surface area contributed by atoms with Gasteiger partial charge in [0.15, 0.2) is 0 Å². The molecule has 1 aromatic heterocycles. The Morgan fingerprint density at radius 1 is 1.12 bits per heavy atom. The van der Waals surface area contributed by atoms with E-state index in [1.54, 1.807) is 0 Å². The van der Waals surface area contributed by atoms with Crippen LogP contribution in [-0.4, -0.2) is 10.1 Å². The van der Waals surface area contributed by atoms with E-state index in [-0.39, 0.29) is 6.10 Å². The van der Waals surface area contributed by atoms with Crippen LogP contribution >= 0.6 is 0 Å². The largest absolute Gasteiger partial charge is 0.487 e. The van der Waals surface area contributed by atoms with E-state index in [0.717, 1.165) is 40.8 Å². The summed E-state index contributed by atoms with van der Waals surface area (Å²) in [5.74, 6) is 1.15. The Morgan fingerprint density at radius 3 is 2.88 bits per heavy atom. The molecule has 0 radical (unpaired) electrons. The first-order valence-electron chi connectivity index (χ1n) is 9.53. The lowest BCUT2D eigenvalue weighted by Crippen LogP contribution is -2.06. The molecule has 0 bridgehead atoms. The highest BCUT2D eigenvalue weighted by Crippen LogP contribution is 2.40. The minimum Gasteiger partial charge on any atom is -0.487 e. The van der Waals surface area contributed by atoms with Crippen LogP contribution in [0.1, 0.15) is 49.1 Å². The van der Waals surface area contributed by atoms with Gasteiger partial charge in [-0.15, -0.1) is 0 Å². The number of benzene rings is 2. The SMILES string of the molecule is CCCCC1Cc2ccc(OCc3ccc4ccccc4n3)cc2C1O. The molecular formula is C23H25NO2. The van der Waals surface area contributed by atoms with Gasteiger partial charge in [-0.1, -0.05) is 50.1 Å². The van der Waals surface area contributed by atoms with Crippen LogP contribution in [0.5, 0.6) is 5.75 Å². The predicted molar refractivity (Wildman–Crippen MR) is 104 cm³/mol. The van der Waals surface area contributed by atoms with E-state index in [0.29, 0.717) is 12.5 Å². The maximum absolute atomic E-state index is 10.6. The molecule has 26 heavy (non-hydrogen) atoms. The summed E-state index contributed by atoms with van der Waals surface area (Å²) in [7, 11) is 0. The van der Waals surface area contributed by atoms with Crippen LogP contribution in [0.4, 0.5) is 0 Å². The van der Waals surface area contributed by atoms with Crippen molar-refractivity contribution < 1.29 is 9.84 Å². The number of aromatic nitrogens is 1. The van der Waals surface area contributed by atoms with Gasteiger partial charge in [0.2, 0.25) is 0 Å². The van der Waals surface area contributed by atoms with E-state index in [4.69, 9.17) is 4.74 Å². The number of aliphatic hydroxyl groups is 1. The third-order valence-corrected chi connectivity index (χ3v) is 5.34. The molecule has 3 nitrogen and oxygen atoms in total. The molecule has 1 N–H and O–H groups in total. The topological polar surface area (TPSA) is 42.4 Å². The standard InChI is InChI=1S/C23H25NO2/c1-2-3-6-18-13-17-10-12-20(14-21(17)23(18)25)26-15-19-11-9-16-7-4-5-8-22(16)24-19/h4-5,7-12,14,18,23,25H,2-3,6,13,15H2,1H3. The van der Waals surface area contributed by atoms with Gasteiger partial charge in [-0.25, -0.2) is 4.98 Å². The maximum Gasteiger partial charge on any atom is 0.130 e. The van der Waals surface area contributed by atoms with Crippen LogP contribution in [-0.2, 0) is 13.0 Å². The third kappa shape index (κ3) is 3.45. The van der Waals surface area contributed by atoms with E-state index >= 15 is 0 Å². The van der Waals surface area contributed by atoms with Crippen molar-refractivity contribution in [2.45, 2.75) is 45.3 Å². The van der Waals surface area contributed by atoms with Gasteiger partial charge in [0, 0.05) is 5.39 Å². The number of pyridine rings is 1. The molecule has 0 fully saturated rings. The number of hydrogen-bond donors (Lipinski definition) is 1. The number of aliphatic hydroxyl groups excluding tert-OH is 1. The zero-order valence-corrected chi connectivity index (χ0v) is 15.2. The van der Waals surface area contributed by atoms with Gasteiger partial charge in [-0.2, -0.15) is 0 Å². The summed E-state index contributed by atoms with van der Waals surface area (Å²) in [4.78, 5) is 4.65. The molecule has 0 spiro atoms. The number of fused-ring (bicyclic) bond motifs is 2. The molecule has 0 saturated heterocycles. The Bertz CT molecular complexity index is 906. The van der Waals surface area contributed by atoms with Gasteiger partial charge in [0.05, 0.1) is 17.3 Å². The van der Waals surface area contributed by atoms with Crippen molar-refractivity contribution in [1.29, 1.82) is 0 Å². The fourth-order valence-electron chi connectivity index (χ4n) is 3.84. The molecular weight excluding hydrogens is 322 g/mol. The Morgan fingerprint density at radius 2 is 2.00 bits per heavy atom. The summed E-state index contributed by atoms with van der Waals surface area (Å²) in [5, 5.41) is 11.8. The van der Waals surface area contributed by atoms with Crippen LogP contribution in [0, 0.1) is 5.92 Å². The minimum absolute atomic E-state index is 0.349. The van der Waals surface area contributed by atoms with Gasteiger partial charge < -0.3 is 9.84 Å². The van der Waals surface area contributed by atoms with Crippen molar-refractivity contribution in [2.24, 2.45) is 5.92 Å². The maximum atomic E-state index is 10.6. The molecule has 1 aliphatic carbocycles. The Kier molecular flexibility index (Phi) is 4.89. The molecule has 2 atom stereocenters. The lowest BCUT2D eigenvalue weighted by Gasteiger charge is -2.14. The Labute approximate surface area is 154 Å². The monoisotopic (exact) mass is 347 g/mol. The number of hydrogen-bond acceptors (Lipinski definition) is 3. The van der Waals surface area contributed by atoms with E-state index in [9.17, 15) is 5.11 Å². The van der Waals surface area contributed by atoms with Crippen molar-refractivity contribution >= 4 is 10.9 Å². The van der Waals surface area contributed by atoms with Gasteiger partial charge in [-0.05, 0) is 54.2 Å². The van der Waals surface area contributed by atoms with E-state index in [1.807, 2.05) is 36.4 Å². The number of rotatable bonds is 6. The zero-order chi connectivity index (χ0) is 17.9. The van der Waals surface area contributed by atoms with Crippen molar-refractivity contribution in [2.75, 3.05) is 0 Å². The first-order valence-corrected chi connectivity index (χ1v) is 9.53.